The Labute approximate surface area is 100 Å². The van der Waals surface area contributed by atoms with Crippen LogP contribution in [0.15, 0.2) is 23.4 Å². The first-order chi connectivity index (χ1) is 7.78. The van der Waals surface area contributed by atoms with E-state index in [1.54, 1.807) is 24.0 Å². The van der Waals surface area contributed by atoms with Crippen LogP contribution in [0.2, 0.25) is 0 Å². The second-order valence-electron chi connectivity index (χ2n) is 4.12. The van der Waals surface area contributed by atoms with Gasteiger partial charge in [-0.3, -0.25) is 0 Å². The molecule has 84 valence electrons. The Morgan fingerprint density at radius 1 is 1.56 bits per heavy atom. The summed E-state index contributed by atoms with van der Waals surface area (Å²) in [5.41, 5.74) is 0.689. The monoisotopic (exact) mass is 233 g/mol. The summed E-state index contributed by atoms with van der Waals surface area (Å²) in [6, 6.07) is 6.38. The molecule has 1 fully saturated rings. The summed E-state index contributed by atoms with van der Waals surface area (Å²) in [6.45, 7) is 3.25. The standard InChI is InChI=1S/C12H15N3S/c1-9-2-3-11(8-15-9)16-12-6-10(7-13)4-5-14-12/h4-6,9,11,15H,2-3,8H2,1H3. The summed E-state index contributed by atoms with van der Waals surface area (Å²) in [7, 11) is 0. The van der Waals surface area contributed by atoms with Crippen molar-refractivity contribution in [3.05, 3.63) is 23.9 Å². The fraction of sp³-hybridized carbons (Fsp3) is 0.500. The Balaban J connectivity index is 1.96. The molecular weight excluding hydrogens is 218 g/mol. The van der Waals surface area contributed by atoms with E-state index in [0.717, 1.165) is 11.6 Å². The van der Waals surface area contributed by atoms with Crippen molar-refractivity contribution >= 4 is 11.8 Å². The third-order valence-corrected chi connectivity index (χ3v) is 3.97. The van der Waals surface area contributed by atoms with E-state index in [1.165, 1.54) is 12.8 Å². The fourth-order valence-corrected chi connectivity index (χ4v) is 2.88. The highest BCUT2D eigenvalue weighted by Gasteiger charge is 2.18. The van der Waals surface area contributed by atoms with Gasteiger partial charge in [0.25, 0.3) is 0 Å². The van der Waals surface area contributed by atoms with Crippen LogP contribution in [0.4, 0.5) is 0 Å². The third-order valence-electron chi connectivity index (χ3n) is 2.77. The van der Waals surface area contributed by atoms with Crippen molar-refractivity contribution in [3.63, 3.8) is 0 Å². The first-order valence-corrected chi connectivity index (χ1v) is 6.42. The number of pyridine rings is 1. The van der Waals surface area contributed by atoms with Crippen LogP contribution in [0.25, 0.3) is 0 Å². The number of hydrogen-bond acceptors (Lipinski definition) is 4. The van der Waals surface area contributed by atoms with Crippen molar-refractivity contribution in [2.45, 2.75) is 36.1 Å². The van der Waals surface area contributed by atoms with Crippen molar-refractivity contribution in [1.29, 1.82) is 5.26 Å². The molecule has 2 unspecified atom stereocenters. The largest absolute Gasteiger partial charge is 0.313 e. The molecule has 0 saturated carbocycles. The molecule has 0 bridgehead atoms. The second-order valence-corrected chi connectivity index (χ2v) is 5.44. The van der Waals surface area contributed by atoms with Crippen LogP contribution in [-0.2, 0) is 0 Å². The van der Waals surface area contributed by atoms with Gasteiger partial charge >= 0.3 is 0 Å². The Bertz CT molecular complexity index is 391. The van der Waals surface area contributed by atoms with Crippen LogP contribution >= 0.6 is 11.8 Å². The zero-order chi connectivity index (χ0) is 11.4. The zero-order valence-corrected chi connectivity index (χ0v) is 10.1. The number of thioether (sulfide) groups is 1. The molecule has 1 aromatic heterocycles. The fourth-order valence-electron chi connectivity index (χ4n) is 1.79. The number of aromatic nitrogens is 1. The number of nitrogens with zero attached hydrogens (tertiary/aromatic N) is 2. The van der Waals surface area contributed by atoms with Crippen LogP contribution in [0.1, 0.15) is 25.3 Å². The van der Waals surface area contributed by atoms with E-state index >= 15 is 0 Å². The molecule has 16 heavy (non-hydrogen) atoms. The Kier molecular flexibility index (Phi) is 3.81. The summed E-state index contributed by atoms with van der Waals surface area (Å²) in [4.78, 5) is 4.28. The highest BCUT2D eigenvalue weighted by molar-refractivity contribution is 7.99. The molecule has 2 heterocycles. The van der Waals surface area contributed by atoms with Gasteiger partial charge in [-0.1, -0.05) is 0 Å². The Morgan fingerprint density at radius 3 is 3.12 bits per heavy atom. The van der Waals surface area contributed by atoms with Crippen LogP contribution in [0, 0.1) is 11.3 Å². The molecule has 2 atom stereocenters. The lowest BCUT2D eigenvalue weighted by Gasteiger charge is -2.26. The van der Waals surface area contributed by atoms with Gasteiger partial charge in [0.15, 0.2) is 0 Å². The number of piperidine rings is 1. The second kappa shape index (κ2) is 5.33. The first kappa shape index (κ1) is 11.4. The van der Waals surface area contributed by atoms with Crippen LogP contribution < -0.4 is 5.32 Å². The lowest BCUT2D eigenvalue weighted by atomic mass is 10.1. The van der Waals surface area contributed by atoms with Crippen LogP contribution in [0.3, 0.4) is 0 Å². The summed E-state index contributed by atoms with van der Waals surface area (Å²) in [5, 5.41) is 13.8. The van der Waals surface area contributed by atoms with Gasteiger partial charge < -0.3 is 5.32 Å². The number of rotatable bonds is 2. The highest BCUT2D eigenvalue weighted by atomic mass is 32.2. The normalized spacial score (nSPS) is 25.0. The number of hydrogen-bond donors (Lipinski definition) is 1. The third kappa shape index (κ3) is 2.97. The summed E-state index contributed by atoms with van der Waals surface area (Å²) in [6.07, 6.45) is 4.15. The van der Waals surface area contributed by atoms with Crippen molar-refractivity contribution in [2.24, 2.45) is 0 Å². The van der Waals surface area contributed by atoms with Crippen LogP contribution in [0.5, 0.6) is 0 Å². The highest BCUT2D eigenvalue weighted by Crippen LogP contribution is 2.27. The van der Waals surface area contributed by atoms with Crippen molar-refractivity contribution in [2.75, 3.05) is 6.54 Å². The van der Waals surface area contributed by atoms with Crippen molar-refractivity contribution in [3.8, 4) is 6.07 Å². The molecule has 1 N–H and O–H groups in total. The summed E-state index contributed by atoms with van der Waals surface area (Å²) < 4.78 is 0. The SMILES string of the molecule is CC1CCC(Sc2cc(C#N)ccn2)CN1. The molecule has 1 aromatic rings. The van der Waals surface area contributed by atoms with E-state index in [2.05, 4.69) is 23.3 Å². The molecule has 2 rings (SSSR count). The maximum absolute atomic E-state index is 8.80. The minimum Gasteiger partial charge on any atom is -0.313 e. The number of nitrogens with one attached hydrogen (secondary N) is 1. The van der Waals surface area contributed by atoms with Gasteiger partial charge in [0, 0.05) is 24.0 Å². The lowest BCUT2D eigenvalue weighted by molar-refractivity contribution is 0.433. The van der Waals surface area contributed by atoms with Crippen LogP contribution in [-0.4, -0.2) is 22.8 Å². The van der Waals surface area contributed by atoms with E-state index in [1.807, 2.05) is 6.07 Å². The van der Waals surface area contributed by atoms with Gasteiger partial charge in [-0.15, -0.1) is 11.8 Å². The molecule has 0 aromatic carbocycles. The molecule has 3 nitrogen and oxygen atoms in total. The minimum absolute atomic E-state index is 0.581. The molecule has 1 aliphatic heterocycles. The van der Waals surface area contributed by atoms with Crippen molar-refractivity contribution < 1.29 is 0 Å². The summed E-state index contributed by atoms with van der Waals surface area (Å²) in [5.74, 6) is 0. The zero-order valence-electron chi connectivity index (χ0n) is 9.31. The van der Waals surface area contributed by atoms with Crippen molar-refractivity contribution in [1.82, 2.24) is 10.3 Å². The molecule has 0 aliphatic carbocycles. The Hall–Kier alpha value is -1.05. The average molecular weight is 233 g/mol. The van der Waals surface area contributed by atoms with Gasteiger partial charge in [0.05, 0.1) is 16.7 Å². The van der Waals surface area contributed by atoms with Gasteiger partial charge in [0.1, 0.15) is 0 Å². The Morgan fingerprint density at radius 2 is 2.44 bits per heavy atom. The quantitative estimate of drug-likeness (QED) is 0.850. The predicted molar refractivity (Wildman–Crippen MR) is 65.3 cm³/mol. The molecule has 1 aliphatic rings. The minimum atomic E-state index is 0.581. The lowest BCUT2D eigenvalue weighted by Crippen LogP contribution is -2.38. The number of nitriles is 1. The molecular formula is C12H15N3S. The van der Waals surface area contributed by atoms with E-state index in [0.29, 0.717) is 16.9 Å². The van der Waals surface area contributed by atoms with E-state index in [9.17, 15) is 0 Å². The molecule has 0 amide bonds. The first-order valence-electron chi connectivity index (χ1n) is 5.54. The van der Waals surface area contributed by atoms with E-state index < -0.39 is 0 Å². The topological polar surface area (TPSA) is 48.7 Å². The van der Waals surface area contributed by atoms with Gasteiger partial charge in [-0.05, 0) is 31.9 Å². The molecule has 4 heteroatoms. The van der Waals surface area contributed by atoms with Gasteiger partial charge in [-0.2, -0.15) is 5.26 Å². The average Bonchev–Trinajstić information content (AvgIpc) is 2.32. The van der Waals surface area contributed by atoms with E-state index in [4.69, 9.17) is 5.26 Å². The van der Waals surface area contributed by atoms with E-state index in [-0.39, 0.29) is 0 Å². The smallest absolute Gasteiger partial charge is 0.0993 e. The molecule has 0 spiro atoms. The van der Waals surface area contributed by atoms with Gasteiger partial charge in [0.2, 0.25) is 0 Å². The molecule has 1 saturated heterocycles. The van der Waals surface area contributed by atoms with Gasteiger partial charge in [-0.25, -0.2) is 4.98 Å². The summed E-state index contributed by atoms with van der Waals surface area (Å²) >= 11 is 1.77. The maximum Gasteiger partial charge on any atom is 0.0993 e. The maximum atomic E-state index is 8.80. The molecule has 0 radical (unpaired) electrons. The predicted octanol–water partition coefficient (Wildman–Crippen LogP) is 2.19.